The average Bonchev–Trinajstić information content (AvgIpc) is 3.00. The summed E-state index contributed by atoms with van der Waals surface area (Å²) in [6, 6.07) is 6.32. The van der Waals surface area contributed by atoms with Gasteiger partial charge in [-0.05, 0) is 30.7 Å². The Bertz CT molecular complexity index is 811. The smallest absolute Gasteiger partial charge is 0.354 e. The second kappa shape index (κ2) is 5.48. The van der Waals surface area contributed by atoms with Crippen molar-refractivity contribution in [3.63, 3.8) is 0 Å². The number of hydrogen-bond acceptors (Lipinski definition) is 5. The number of aromatic carboxylic acids is 1. The van der Waals surface area contributed by atoms with E-state index in [1.165, 1.54) is 6.07 Å². The number of rotatable bonds is 2. The molecule has 0 aliphatic carbocycles. The molecule has 4 rings (SSSR count). The van der Waals surface area contributed by atoms with E-state index < -0.39 is 5.97 Å². The van der Waals surface area contributed by atoms with Crippen LogP contribution in [0.3, 0.4) is 0 Å². The first-order valence-electron chi connectivity index (χ1n) is 7.63. The molecule has 4 heterocycles. The van der Waals surface area contributed by atoms with E-state index >= 15 is 0 Å². The lowest BCUT2D eigenvalue weighted by Crippen LogP contribution is -2.48. The fraction of sp³-hybridized carbons (Fsp3) is 0.250. The van der Waals surface area contributed by atoms with Crippen molar-refractivity contribution >= 4 is 29.2 Å². The largest absolute Gasteiger partial charge is 0.477 e. The molecule has 2 aromatic heterocycles. The lowest BCUT2D eigenvalue weighted by molar-refractivity contribution is 0.0690. The predicted octanol–water partition coefficient (Wildman–Crippen LogP) is 1.81. The van der Waals surface area contributed by atoms with Crippen molar-refractivity contribution in [2.45, 2.75) is 12.5 Å². The zero-order valence-corrected chi connectivity index (χ0v) is 12.7. The standard InChI is InChI=1S/C16H15N5O3/c22-15(23)12-3-4-13-14(19-12)21(11-5-7-20(13)9-11)16(24)18-10-2-1-6-17-8-10/h1-4,6,8,11H,5,7,9H2,(H,18,24)(H,22,23). The molecular weight excluding hydrogens is 310 g/mol. The number of anilines is 3. The summed E-state index contributed by atoms with van der Waals surface area (Å²) in [5.41, 5.74) is 1.30. The molecule has 2 aliphatic heterocycles. The third-order valence-corrected chi connectivity index (χ3v) is 4.30. The van der Waals surface area contributed by atoms with E-state index in [1.807, 2.05) is 0 Å². The number of amides is 2. The Morgan fingerprint density at radius 3 is 2.92 bits per heavy atom. The third-order valence-electron chi connectivity index (χ3n) is 4.30. The molecule has 2 N–H and O–H groups in total. The number of urea groups is 1. The Labute approximate surface area is 137 Å². The molecule has 1 fully saturated rings. The van der Waals surface area contributed by atoms with Gasteiger partial charge in [-0.25, -0.2) is 14.6 Å². The predicted molar refractivity (Wildman–Crippen MR) is 87.5 cm³/mol. The van der Waals surface area contributed by atoms with Gasteiger partial charge in [-0.2, -0.15) is 0 Å². The number of hydrogen-bond donors (Lipinski definition) is 2. The molecule has 1 unspecified atom stereocenters. The second-order valence-electron chi connectivity index (χ2n) is 5.77. The molecule has 0 saturated carbocycles. The van der Waals surface area contributed by atoms with Crippen LogP contribution in [0.15, 0.2) is 36.7 Å². The molecule has 2 amide bonds. The van der Waals surface area contributed by atoms with Gasteiger partial charge in [-0.15, -0.1) is 0 Å². The first kappa shape index (κ1) is 14.4. The minimum Gasteiger partial charge on any atom is -0.477 e. The summed E-state index contributed by atoms with van der Waals surface area (Å²) in [5, 5.41) is 12.0. The molecule has 122 valence electrons. The Morgan fingerprint density at radius 1 is 1.29 bits per heavy atom. The highest BCUT2D eigenvalue weighted by atomic mass is 16.4. The van der Waals surface area contributed by atoms with Crippen LogP contribution < -0.4 is 15.1 Å². The zero-order chi connectivity index (χ0) is 16.7. The molecular formula is C16H15N5O3. The van der Waals surface area contributed by atoms with Gasteiger partial charge in [0.05, 0.1) is 23.6 Å². The van der Waals surface area contributed by atoms with E-state index in [0.29, 0.717) is 11.5 Å². The molecule has 0 spiro atoms. The van der Waals surface area contributed by atoms with Crippen molar-refractivity contribution in [3.05, 3.63) is 42.4 Å². The number of carboxylic acids is 1. The van der Waals surface area contributed by atoms with Crippen molar-refractivity contribution in [3.8, 4) is 0 Å². The summed E-state index contributed by atoms with van der Waals surface area (Å²) in [4.78, 5) is 35.9. The van der Waals surface area contributed by atoms with Crippen molar-refractivity contribution in [1.82, 2.24) is 9.97 Å². The van der Waals surface area contributed by atoms with Crippen LogP contribution in [0.4, 0.5) is 22.0 Å². The molecule has 2 bridgehead atoms. The van der Waals surface area contributed by atoms with Gasteiger partial charge in [0.1, 0.15) is 0 Å². The zero-order valence-electron chi connectivity index (χ0n) is 12.7. The van der Waals surface area contributed by atoms with Gasteiger partial charge < -0.3 is 15.3 Å². The molecule has 24 heavy (non-hydrogen) atoms. The molecule has 0 aromatic carbocycles. The van der Waals surface area contributed by atoms with Gasteiger partial charge in [0, 0.05) is 19.3 Å². The summed E-state index contributed by atoms with van der Waals surface area (Å²) < 4.78 is 0. The molecule has 2 aromatic rings. The van der Waals surface area contributed by atoms with Crippen LogP contribution in [0.5, 0.6) is 0 Å². The minimum atomic E-state index is -1.11. The maximum Gasteiger partial charge on any atom is 0.354 e. The minimum absolute atomic E-state index is 0.0225. The van der Waals surface area contributed by atoms with Crippen LogP contribution in [-0.2, 0) is 0 Å². The molecule has 1 atom stereocenters. The fourth-order valence-electron chi connectivity index (χ4n) is 3.21. The third kappa shape index (κ3) is 2.32. The number of carbonyl (C=O) groups is 2. The number of pyridine rings is 2. The van der Waals surface area contributed by atoms with Gasteiger partial charge in [0.25, 0.3) is 0 Å². The average molecular weight is 325 g/mol. The van der Waals surface area contributed by atoms with Crippen LogP contribution >= 0.6 is 0 Å². The maximum absolute atomic E-state index is 12.8. The lowest BCUT2D eigenvalue weighted by atomic mass is 10.2. The van der Waals surface area contributed by atoms with E-state index in [-0.39, 0.29) is 17.8 Å². The van der Waals surface area contributed by atoms with Gasteiger partial charge in [-0.3, -0.25) is 9.88 Å². The number of aromatic nitrogens is 2. The quantitative estimate of drug-likeness (QED) is 0.873. The van der Waals surface area contributed by atoms with Crippen LogP contribution in [-0.4, -0.2) is 46.2 Å². The number of carboxylic acid groups (broad SMARTS) is 1. The topological polar surface area (TPSA) is 98.7 Å². The molecule has 8 heteroatoms. The van der Waals surface area contributed by atoms with Crippen molar-refractivity contribution in [2.24, 2.45) is 0 Å². The van der Waals surface area contributed by atoms with E-state index in [2.05, 4.69) is 20.2 Å². The summed E-state index contributed by atoms with van der Waals surface area (Å²) in [6.45, 7) is 1.55. The van der Waals surface area contributed by atoms with Crippen molar-refractivity contribution < 1.29 is 14.7 Å². The van der Waals surface area contributed by atoms with E-state index in [4.69, 9.17) is 0 Å². The molecule has 2 aliphatic rings. The summed E-state index contributed by atoms with van der Waals surface area (Å²) >= 11 is 0. The van der Waals surface area contributed by atoms with Crippen molar-refractivity contribution in [1.29, 1.82) is 0 Å². The number of nitrogens with zero attached hydrogens (tertiary/aromatic N) is 4. The van der Waals surface area contributed by atoms with Crippen LogP contribution in [0, 0.1) is 0 Å². The van der Waals surface area contributed by atoms with Crippen LogP contribution in [0.25, 0.3) is 0 Å². The summed E-state index contributed by atoms with van der Waals surface area (Å²) in [5.74, 6) is -0.719. The Kier molecular flexibility index (Phi) is 3.30. The van der Waals surface area contributed by atoms with Crippen LogP contribution in [0.2, 0.25) is 0 Å². The number of nitrogens with one attached hydrogen (secondary N) is 1. The molecule has 0 radical (unpaired) electrons. The Hall–Kier alpha value is -3.16. The van der Waals surface area contributed by atoms with Gasteiger partial charge in [-0.1, -0.05) is 0 Å². The number of fused-ring (bicyclic) bond motifs is 4. The van der Waals surface area contributed by atoms with E-state index in [0.717, 1.165) is 25.2 Å². The first-order chi connectivity index (χ1) is 11.6. The van der Waals surface area contributed by atoms with Crippen molar-refractivity contribution in [2.75, 3.05) is 28.2 Å². The van der Waals surface area contributed by atoms with Gasteiger partial charge in [0.15, 0.2) is 11.5 Å². The SMILES string of the molecule is O=C(O)c1ccc2c(n1)N(C(=O)Nc1cccnc1)C1CCN2C1. The second-order valence-corrected chi connectivity index (χ2v) is 5.77. The van der Waals surface area contributed by atoms with Gasteiger partial charge >= 0.3 is 12.0 Å². The fourth-order valence-corrected chi connectivity index (χ4v) is 3.21. The van der Waals surface area contributed by atoms with Crippen LogP contribution in [0.1, 0.15) is 16.9 Å². The van der Waals surface area contributed by atoms with Gasteiger partial charge in [0.2, 0.25) is 0 Å². The van der Waals surface area contributed by atoms with E-state index in [9.17, 15) is 14.7 Å². The summed E-state index contributed by atoms with van der Waals surface area (Å²) in [6.07, 6.45) is 4.01. The highest BCUT2D eigenvalue weighted by Crippen LogP contribution is 2.39. The highest BCUT2D eigenvalue weighted by molar-refractivity contribution is 6.05. The molecule has 8 nitrogen and oxygen atoms in total. The Morgan fingerprint density at radius 2 is 2.17 bits per heavy atom. The molecule has 1 saturated heterocycles. The lowest BCUT2D eigenvalue weighted by Gasteiger charge is -2.35. The monoisotopic (exact) mass is 325 g/mol. The first-order valence-corrected chi connectivity index (χ1v) is 7.63. The van der Waals surface area contributed by atoms with E-state index in [1.54, 1.807) is 35.5 Å². The Balaban J connectivity index is 1.72. The normalized spacial score (nSPS) is 18.2. The maximum atomic E-state index is 12.8. The summed E-state index contributed by atoms with van der Waals surface area (Å²) in [7, 11) is 0. The highest BCUT2D eigenvalue weighted by Gasteiger charge is 2.40. The number of carbonyl (C=O) groups excluding carboxylic acids is 1.